The van der Waals surface area contributed by atoms with Crippen LogP contribution in [0.2, 0.25) is 0 Å². The largest absolute Gasteiger partial charge is 0.486 e. The number of piperazine rings is 1. The standard InChI is InChI=1S/C16H23N3O5S/c1-25(21,22)19-8-6-18(7-9-19)11-16(20)17-10-13-12-23-14-4-2-3-5-15(14)24-13/h2-5,13H,6-12H2,1H3,(H,17,20)/t13-/m1/s1. The van der Waals surface area contributed by atoms with E-state index < -0.39 is 10.0 Å². The predicted octanol–water partition coefficient (Wildman–Crippen LogP) is -0.480. The smallest absolute Gasteiger partial charge is 0.234 e. The summed E-state index contributed by atoms with van der Waals surface area (Å²) in [6.07, 6.45) is 0.987. The average Bonchev–Trinajstić information content (AvgIpc) is 2.59. The summed E-state index contributed by atoms with van der Waals surface area (Å²) in [5.74, 6) is 1.30. The second-order valence-corrected chi connectivity index (χ2v) is 8.22. The fourth-order valence-corrected chi connectivity index (χ4v) is 3.70. The highest BCUT2D eigenvalue weighted by Gasteiger charge is 2.25. The van der Waals surface area contributed by atoms with Crippen LogP contribution in [0.5, 0.6) is 11.5 Å². The van der Waals surface area contributed by atoms with E-state index in [4.69, 9.17) is 9.47 Å². The summed E-state index contributed by atoms with van der Waals surface area (Å²) in [7, 11) is -3.15. The van der Waals surface area contributed by atoms with Crippen LogP contribution in [0.1, 0.15) is 0 Å². The zero-order valence-corrected chi connectivity index (χ0v) is 15.0. The number of fused-ring (bicyclic) bond motifs is 1. The number of carbonyl (C=O) groups is 1. The first-order valence-corrected chi connectivity index (χ1v) is 10.1. The van der Waals surface area contributed by atoms with E-state index in [-0.39, 0.29) is 18.6 Å². The zero-order chi connectivity index (χ0) is 17.9. The molecule has 1 amide bonds. The summed E-state index contributed by atoms with van der Waals surface area (Å²) in [6.45, 7) is 2.96. The molecule has 2 heterocycles. The predicted molar refractivity (Wildman–Crippen MR) is 92.2 cm³/mol. The van der Waals surface area contributed by atoms with Crippen molar-refractivity contribution in [2.75, 3.05) is 52.1 Å². The molecule has 0 aromatic heterocycles. The molecule has 1 aromatic rings. The maximum atomic E-state index is 12.1. The molecule has 0 aliphatic carbocycles. The van der Waals surface area contributed by atoms with Gasteiger partial charge in [0.05, 0.1) is 19.3 Å². The minimum absolute atomic E-state index is 0.102. The molecular weight excluding hydrogens is 346 g/mol. The van der Waals surface area contributed by atoms with E-state index in [2.05, 4.69) is 5.32 Å². The van der Waals surface area contributed by atoms with Gasteiger partial charge in [-0.1, -0.05) is 12.1 Å². The van der Waals surface area contributed by atoms with Gasteiger partial charge in [-0.2, -0.15) is 4.31 Å². The van der Waals surface area contributed by atoms with Gasteiger partial charge in [0.25, 0.3) is 0 Å². The first-order valence-electron chi connectivity index (χ1n) is 8.24. The third kappa shape index (κ3) is 4.83. The molecule has 25 heavy (non-hydrogen) atoms. The Balaban J connectivity index is 1.39. The van der Waals surface area contributed by atoms with Crippen molar-refractivity contribution in [3.05, 3.63) is 24.3 Å². The van der Waals surface area contributed by atoms with Gasteiger partial charge in [0.2, 0.25) is 15.9 Å². The molecule has 8 nitrogen and oxygen atoms in total. The Labute approximate surface area is 147 Å². The first kappa shape index (κ1) is 18.0. The number of rotatable bonds is 5. The van der Waals surface area contributed by atoms with Crippen LogP contribution in [0.15, 0.2) is 24.3 Å². The molecule has 1 saturated heterocycles. The van der Waals surface area contributed by atoms with Crippen LogP contribution in [-0.4, -0.2) is 81.8 Å². The number of nitrogens with zero attached hydrogens (tertiary/aromatic N) is 2. The molecule has 1 atom stereocenters. The van der Waals surface area contributed by atoms with Crippen LogP contribution in [0.3, 0.4) is 0 Å². The molecule has 0 radical (unpaired) electrons. The van der Waals surface area contributed by atoms with Gasteiger partial charge in [0.15, 0.2) is 11.5 Å². The molecule has 138 valence electrons. The highest BCUT2D eigenvalue weighted by Crippen LogP contribution is 2.30. The molecule has 0 bridgehead atoms. The highest BCUT2D eigenvalue weighted by atomic mass is 32.2. The van der Waals surface area contributed by atoms with Gasteiger partial charge in [-0.25, -0.2) is 8.42 Å². The number of hydrogen-bond donors (Lipinski definition) is 1. The van der Waals surface area contributed by atoms with Crippen LogP contribution in [0, 0.1) is 0 Å². The summed E-state index contributed by atoms with van der Waals surface area (Å²) in [4.78, 5) is 14.0. The number of benzene rings is 1. The Morgan fingerprint density at radius 3 is 2.56 bits per heavy atom. The zero-order valence-electron chi connectivity index (χ0n) is 14.2. The molecule has 1 fully saturated rings. The summed E-state index contributed by atoms with van der Waals surface area (Å²) in [5, 5.41) is 2.85. The molecule has 9 heteroatoms. The van der Waals surface area contributed by atoms with Crippen LogP contribution in [-0.2, 0) is 14.8 Å². The number of amides is 1. The molecule has 2 aliphatic heterocycles. The lowest BCUT2D eigenvalue weighted by Gasteiger charge is -2.33. The van der Waals surface area contributed by atoms with Crippen LogP contribution in [0.25, 0.3) is 0 Å². The Bertz CT molecular complexity index is 716. The first-order chi connectivity index (χ1) is 11.9. The average molecular weight is 369 g/mol. The van der Waals surface area contributed by atoms with Gasteiger partial charge >= 0.3 is 0 Å². The monoisotopic (exact) mass is 369 g/mol. The maximum absolute atomic E-state index is 12.1. The number of para-hydroxylation sites is 2. The Morgan fingerprint density at radius 2 is 1.88 bits per heavy atom. The lowest BCUT2D eigenvalue weighted by Crippen LogP contribution is -2.51. The van der Waals surface area contributed by atoms with E-state index in [9.17, 15) is 13.2 Å². The molecule has 1 aromatic carbocycles. The van der Waals surface area contributed by atoms with E-state index in [1.165, 1.54) is 10.6 Å². The number of nitrogens with one attached hydrogen (secondary N) is 1. The Morgan fingerprint density at radius 1 is 1.20 bits per heavy atom. The minimum Gasteiger partial charge on any atom is -0.486 e. The molecule has 3 rings (SSSR count). The van der Waals surface area contributed by atoms with Crippen molar-refractivity contribution in [2.45, 2.75) is 6.10 Å². The van der Waals surface area contributed by atoms with Crippen molar-refractivity contribution in [3.8, 4) is 11.5 Å². The normalized spacial score (nSPS) is 21.7. The molecule has 2 aliphatic rings. The van der Waals surface area contributed by atoms with Crippen molar-refractivity contribution in [1.82, 2.24) is 14.5 Å². The summed E-state index contributed by atoms with van der Waals surface area (Å²) >= 11 is 0. The van der Waals surface area contributed by atoms with E-state index in [1.807, 2.05) is 29.2 Å². The molecule has 0 unspecified atom stereocenters. The third-order valence-corrected chi connectivity index (χ3v) is 5.57. The second-order valence-electron chi connectivity index (χ2n) is 6.24. The van der Waals surface area contributed by atoms with Gasteiger partial charge in [-0.15, -0.1) is 0 Å². The SMILES string of the molecule is CS(=O)(=O)N1CCN(CC(=O)NC[C@@H]2COc3ccccc3O2)CC1. The van der Waals surface area contributed by atoms with Gasteiger partial charge in [-0.05, 0) is 12.1 Å². The summed E-state index contributed by atoms with van der Waals surface area (Å²) in [5.41, 5.74) is 0. The van der Waals surface area contributed by atoms with E-state index in [0.717, 1.165) is 0 Å². The second kappa shape index (κ2) is 7.59. The van der Waals surface area contributed by atoms with Crippen LogP contribution >= 0.6 is 0 Å². The quantitative estimate of drug-likeness (QED) is 0.754. The van der Waals surface area contributed by atoms with Gasteiger partial charge in [0.1, 0.15) is 12.7 Å². The maximum Gasteiger partial charge on any atom is 0.234 e. The molecule has 0 saturated carbocycles. The topological polar surface area (TPSA) is 88.2 Å². The highest BCUT2D eigenvalue weighted by molar-refractivity contribution is 7.88. The van der Waals surface area contributed by atoms with Crippen molar-refractivity contribution < 1.29 is 22.7 Å². The summed E-state index contributed by atoms with van der Waals surface area (Å²) in [6, 6.07) is 7.44. The van der Waals surface area contributed by atoms with Crippen molar-refractivity contribution in [3.63, 3.8) is 0 Å². The fourth-order valence-electron chi connectivity index (χ4n) is 2.87. The minimum atomic E-state index is -3.15. The van der Waals surface area contributed by atoms with E-state index in [0.29, 0.717) is 50.8 Å². The van der Waals surface area contributed by atoms with Gasteiger partial charge < -0.3 is 14.8 Å². The van der Waals surface area contributed by atoms with E-state index in [1.54, 1.807) is 0 Å². The van der Waals surface area contributed by atoms with Crippen molar-refractivity contribution in [2.24, 2.45) is 0 Å². The number of ether oxygens (including phenoxy) is 2. The van der Waals surface area contributed by atoms with Gasteiger partial charge in [-0.3, -0.25) is 9.69 Å². The molecule has 1 N–H and O–H groups in total. The van der Waals surface area contributed by atoms with Crippen LogP contribution < -0.4 is 14.8 Å². The lowest BCUT2D eigenvalue weighted by atomic mass is 10.2. The van der Waals surface area contributed by atoms with Gasteiger partial charge in [0, 0.05) is 26.2 Å². The van der Waals surface area contributed by atoms with Crippen LogP contribution in [0.4, 0.5) is 0 Å². The number of hydrogen-bond acceptors (Lipinski definition) is 6. The van der Waals surface area contributed by atoms with E-state index >= 15 is 0 Å². The molecular formula is C16H23N3O5S. The summed E-state index contributed by atoms with van der Waals surface area (Å²) < 4.78 is 35.8. The van der Waals surface area contributed by atoms with Crippen molar-refractivity contribution in [1.29, 1.82) is 0 Å². The third-order valence-electron chi connectivity index (χ3n) is 4.26. The molecule has 0 spiro atoms. The number of carbonyl (C=O) groups excluding carboxylic acids is 1. The Kier molecular flexibility index (Phi) is 5.45. The van der Waals surface area contributed by atoms with Crippen molar-refractivity contribution >= 4 is 15.9 Å². The Hall–Kier alpha value is -1.84. The fraction of sp³-hybridized carbons (Fsp3) is 0.562. The number of sulfonamides is 1. The lowest BCUT2D eigenvalue weighted by molar-refractivity contribution is -0.123.